The van der Waals surface area contributed by atoms with Crippen LogP contribution in [0.4, 0.5) is 0 Å². The average Bonchev–Trinajstić information content (AvgIpc) is 2.41. The summed E-state index contributed by atoms with van der Waals surface area (Å²) in [5.41, 5.74) is 1.46. The molecule has 0 saturated carbocycles. The van der Waals surface area contributed by atoms with Crippen LogP contribution in [0.25, 0.3) is 0 Å². The van der Waals surface area contributed by atoms with Crippen LogP contribution in [-0.2, 0) is 6.61 Å². The van der Waals surface area contributed by atoms with Crippen LogP contribution < -0.4 is 4.74 Å². The number of benzene rings is 2. The number of aldehydes is 1. The van der Waals surface area contributed by atoms with Gasteiger partial charge in [0, 0.05) is 5.56 Å². The van der Waals surface area contributed by atoms with E-state index in [-0.39, 0.29) is 0 Å². The lowest BCUT2D eigenvalue weighted by Gasteiger charge is -2.11. The van der Waals surface area contributed by atoms with Crippen molar-refractivity contribution >= 4 is 61.3 Å². The Morgan fingerprint density at radius 3 is 2.25 bits per heavy atom. The van der Waals surface area contributed by atoms with Gasteiger partial charge in [-0.05, 0) is 61.7 Å². The molecule has 0 bridgehead atoms. The highest BCUT2D eigenvalue weighted by Gasteiger charge is 2.09. The quantitative estimate of drug-likeness (QED) is 0.555. The largest absolute Gasteiger partial charge is 0.487 e. The molecule has 0 amide bonds. The molecule has 0 saturated heterocycles. The van der Waals surface area contributed by atoms with Gasteiger partial charge in [0.05, 0.1) is 19.0 Å². The van der Waals surface area contributed by atoms with E-state index in [0.29, 0.717) is 36.9 Å². The second-order valence-corrected chi connectivity index (χ2v) is 6.49. The smallest absolute Gasteiger partial charge is 0.150 e. The van der Waals surface area contributed by atoms with E-state index in [2.05, 4.69) is 31.9 Å². The van der Waals surface area contributed by atoms with Gasteiger partial charge in [0.15, 0.2) is 0 Å². The number of rotatable bonds is 4. The molecule has 2 nitrogen and oxygen atoms in total. The SMILES string of the molecule is O=Cc1cc(Br)c(OCc2ccc(Cl)c(Cl)c2)c(Br)c1. The van der Waals surface area contributed by atoms with Gasteiger partial charge in [0.1, 0.15) is 18.6 Å². The van der Waals surface area contributed by atoms with E-state index >= 15 is 0 Å². The topological polar surface area (TPSA) is 26.3 Å². The molecule has 0 radical (unpaired) electrons. The van der Waals surface area contributed by atoms with E-state index in [9.17, 15) is 4.79 Å². The third-order valence-electron chi connectivity index (χ3n) is 2.52. The van der Waals surface area contributed by atoms with Crippen molar-refractivity contribution in [3.8, 4) is 5.75 Å². The standard InChI is InChI=1S/C14H8Br2Cl2O2/c15-10-3-9(6-19)4-11(16)14(10)20-7-8-1-2-12(17)13(18)5-8/h1-6H,7H2. The molecule has 0 fully saturated rings. The summed E-state index contributed by atoms with van der Waals surface area (Å²) in [5.74, 6) is 0.627. The fourth-order valence-corrected chi connectivity index (χ4v) is 3.34. The Morgan fingerprint density at radius 1 is 1.05 bits per heavy atom. The van der Waals surface area contributed by atoms with Gasteiger partial charge in [-0.1, -0.05) is 29.3 Å². The van der Waals surface area contributed by atoms with Crippen LogP contribution in [0.3, 0.4) is 0 Å². The van der Waals surface area contributed by atoms with Gasteiger partial charge in [0.25, 0.3) is 0 Å². The zero-order chi connectivity index (χ0) is 14.7. The summed E-state index contributed by atoms with van der Waals surface area (Å²) < 4.78 is 7.14. The Bertz CT molecular complexity index is 637. The first-order chi connectivity index (χ1) is 9.51. The fourth-order valence-electron chi connectivity index (χ4n) is 1.57. The molecule has 2 aromatic carbocycles. The number of hydrogen-bond acceptors (Lipinski definition) is 2. The summed E-state index contributed by atoms with van der Waals surface area (Å²) in [7, 11) is 0. The van der Waals surface area contributed by atoms with Crippen molar-refractivity contribution < 1.29 is 9.53 Å². The number of carbonyl (C=O) groups excluding carboxylic acids is 1. The second kappa shape index (κ2) is 6.94. The lowest BCUT2D eigenvalue weighted by molar-refractivity contribution is 0.112. The highest BCUT2D eigenvalue weighted by Crippen LogP contribution is 2.35. The summed E-state index contributed by atoms with van der Waals surface area (Å²) in [5, 5.41) is 0.996. The normalized spacial score (nSPS) is 10.4. The first-order valence-corrected chi connectivity index (χ1v) is 7.86. The van der Waals surface area contributed by atoms with Crippen molar-refractivity contribution in [2.75, 3.05) is 0 Å². The molecule has 0 aliphatic rings. The van der Waals surface area contributed by atoms with Gasteiger partial charge in [-0.15, -0.1) is 0 Å². The van der Waals surface area contributed by atoms with E-state index < -0.39 is 0 Å². The molecule has 0 N–H and O–H groups in total. The van der Waals surface area contributed by atoms with Gasteiger partial charge >= 0.3 is 0 Å². The minimum Gasteiger partial charge on any atom is -0.487 e. The van der Waals surface area contributed by atoms with Crippen LogP contribution in [0.1, 0.15) is 15.9 Å². The maximum atomic E-state index is 10.8. The van der Waals surface area contributed by atoms with Gasteiger partial charge in [-0.25, -0.2) is 0 Å². The highest BCUT2D eigenvalue weighted by molar-refractivity contribution is 9.11. The van der Waals surface area contributed by atoms with Crippen LogP contribution in [0.5, 0.6) is 5.75 Å². The van der Waals surface area contributed by atoms with E-state index in [0.717, 1.165) is 11.8 Å². The van der Waals surface area contributed by atoms with E-state index in [1.807, 2.05) is 6.07 Å². The minimum atomic E-state index is 0.342. The van der Waals surface area contributed by atoms with Gasteiger partial charge in [-0.2, -0.15) is 0 Å². The van der Waals surface area contributed by atoms with Crippen LogP contribution >= 0.6 is 55.1 Å². The van der Waals surface area contributed by atoms with E-state index in [4.69, 9.17) is 27.9 Å². The zero-order valence-corrected chi connectivity index (χ0v) is 14.7. The first kappa shape index (κ1) is 15.8. The fraction of sp³-hybridized carbons (Fsp3) is 0.0714. The molecule has 0 aliphatic heterocycles. The van der Waals surface area contributed by atoms with Gasteiger partial charge in [0.2, 0.25) is 0 Å². The van der Waals surface area contributed by atoms with Crippen LogP contribution in [-0.4, -0.2) is 6.29 Å². The monoisotopic (exact) mass is 436 g/mol. The highest BCUT2D eigenvalue weighted by atomic mass is 79.9. The molecule has 0 aliphatic carbocycles. The molecular formula is C14H8Br2Cl2O2. The third kappa shape index (κ3) is 3.76. The maximum Gasteiger partial charge on any atom is 0.150 e. The Labute approximate surface area is 143 Å². The molecule has 20 heavy (non-hydrogen) atoms. The number of ether oxygens (including phenoxy) is 1. The second-order valence-electron chi connectivity index (χ2n) is 3.97. The van der Waals surface area contributed by atoms with Crippen molar-refractivity contribution in [1.82, 2.24) is 0 Å². The van der Waals surface area contributed by atoms with Crippen LogP contribution in [0.2, 0.25) is 10.0 Å². The van der Waals surface area contributed by atoms with Crippen molar-refractivity contribution in [2.24, 2.45) is 0 Å². The minimum absolute atomic E-state index is 0.342. The summed E-state index contributed by atoms with van der Waals surface area (Å²) in [6.07, 6.45) is 0.776. The first-order valence-electron chi connectivity index (χ1n) is 5.52. The van der Waals surface area contributed by atoms with E-state index in [1.165, 1.54) is 0 Å². The third-order valence-corrected chi connectivity index (χ3v) is 4.44. The molecule has 0 aromatic heterocycles. The Hall–Kier alpha value is -0.550. The molecule has 2 aromatic rings. The molecule has 0 atom stereocenters. The van der Waals surface area contributed by atoms with Gasteiger partial charge < -0.3 is 4.74 Å². The van der Waals surface area contributed by atoms with Crippen molar-refractivity contribution in [2.45, 2.75) is 6.61 Å². The summed E-state index contributed by atoms with van der Waals surface area (Å²) >= 11 is 18.6. The molecule has 6 heteroatoms. The Balaban J connectivity index is 2.18. The lowest BCUT2D eigenvalue weighted by atomic mass is 10.2. The lowest BCUT2D eigenvalue weighted by Crippen LogP contribution is -1.98. The number of carbonyl (C=O) groups is 1. The predicted octanol–water partition coefficient (Wildman–Crippen LogP) is 5.91. The zero-order valence-electron chi connectivity index (χ0n) is 10.00. The van der Waals surface area contributed by atoms with Gasteiger partial charge in [-0.3, -0.25) is 4.79 Å². The van der Waals surface area contributed by atoms with Crippen molar-refractivity contribution in [3.63, 3.8) is 0 Å². The molecule has 0 spiro atoms. The van der Waals surface area contributed by atoms with Crippen molar-refractivity contribution in [3.05, 3.63) is 60.4 Å². The molecule has 0 unspecified atom stereocenters. The molecule has 0 heterocycles. The van der Waals surface area contributed by atoms with Crippen LogP contribution in [0, 0.1) is 0 Å². The number of hydrogen-bond donors (Lipinski definition) is 0. The molecule has 2 rings (SSSR count). The Morgan fingerprint density at radius 2 is 1.70 bits per heavy atom. The maximum absolute atomic E-state index is 10.8. The summed E-state index contributed by atoms with van der Waals surface area (Å²) in [4.78, 5) is 10.8. The molecular weight excluding hydrogens is 431 g/mol. The summed E-state index contributed by atoms with van der Waals surface area (Å²) in [6.45, 7) is 0.342. The Kier molecular flexibility index (Phi) is 5.49. The summed E-state index contributed by atoms with van der Waals surface area (Å²) in [6, 6.07) is 8.72. The average molecular weight is 439 g/mol. The molecule has 104 valence electrons. The van der Waals surface area contributed by atoms with E-state index in [1.54, 1.807) is 24.3 Å². The number of halogens is 4. The van der Waals surface area contributed by atoms with Crippen LogP contribution in [0.15, 0.2) is 39.3 Å². The van der Waals surface area contributed by atoms with Crippen molar-refractivity contribution in [1.29, 1.82) is 0 Å². The predicted molar refractivity (Wildman–Crippen MR) is 88.0 cm³/mol.